The molecular weight excluding hydrogens is 380 g/mol. The van der Waals surface area contributed by atoms with Gasteiger partial charge in [0, 0.05) is 10.8 Å². The average Bonchev–Trinajstić information content (AvgIpc) is 3.16. The van der Waals surface area contributed by atoms with Crippen molar-refractivity contribution in [1.29, 1.82) is 0 Å². The third kappa shape index (κ3) is 3.03. The molecule has 0 aromatic heterocycles. The van der Waals surface area contributed by atoms with Crippen molar-refractivity contribution in [1.82, 2.24) is 10.2 Å². The van der Waals surface area contributed by atoms with Gasteiger partial charge in [0.25, 0.3) is 0 Å². The Bertz CT molecular complexity index is 678. The molecule has 3 saturated heterocycles. The number of esters is 1. The van der Waals surface area contributed by atoms with Crippen LogP contribution >= 0.6 is 11.8 Å². The summed E-state index contributed by atoms with van der Waals surface area (Å²) in [4.78, 5) is 41.2. The number of hydrogen-bond acceptors (Lipinski definition) is 6. The summed E-state index contributed by atoms with van der Waals surface area (Å²) in [6.07, 6.45) is 0.776. The zero-order valence-electron chi connectivity index (χ0n) is 17.5. The molecule has 8 heteroatoms. The van der Waals surface area contributed by atoms with E-state index in [1.54, 1.807) is 25.6 Å². The standard InChI is InChI=1S/C20H32N2O5S/c1-7-27-18(26)13-12-8-10(2)20(28-12)14(13)17(25)22(11(3)9-23)15(20)16(24)21-19(4,5)6/h10-15,23H,7-9H2,1-6H3,(H,21,24)/t10?,11-,12+,13-,14+,15?,20?/m1/s1. The summed E-state index contributed by atoms with van der Waals surface area (Å²) >= 11 is 1.61. The predicted octanol–water partition coefficient (Wildman–Crippen LogP) is 1.18. The molecule has 1 spiro atoms. The van der Waals surface area contributed by atoms with Crippen LogP contribution in [-0.2, 0) is 19.1 Å². The van der Waals surface area contributed by atoms with Crippen LogP contribution in [0.4, 0.5) is 0 Å². The van der Waals surface area contributed by atoms with Gasteiger partial charge in [-0.25, -0.2) is 0 Å². The van der Waals surface area contributed by atoms with Gasteiger partial charge in [0.05, 0.1) is 35.8 Å². The van der Waals surface area contributed by atoms with Crippen LogP contribution in [0, 0.1) is 17.8 Å². The van der Waals surface area contributed by atoms with E-state index in [1.807, 2.05) is 20.8 Å². The summed E-state index contributed by atoms with van der Waals surface area (Å²) in [5.41, 5.74) is -0.450. The van der Waals surface area contributed by atoms with Crippen LogP contribution in [0.1, 0.15) is 48.0 Å². The first-order valence-corrected chi connectivity index (χ1v) is 11.0. The highest BCUT2D eigenvalue weighted by Gasteiger charge is 2.76. The zero-order valence-corrected chi connectivity index (χ0v) is 18.3. The molecule has 0 saturated carbocycles. The molecule has 0 aromatic carbocycles. The van der Waals surface area contributed by atoms with Crippen LogP contribution in [0.25, 0.3) is 0 Å². The molecular formula is C20H32N2O5S. The molecule has 3 unspecified atom stereocenters. The van der Waals surface area contributed by atoms with E-state index in [-0.39, 0.29) is 42.2 Å². The molecule has 0 radical (unpaired) electrons. The van der Waals surface area contributed by atoms with Crippen molar-refractivity contribution in [2.75, 3.05) is 13.2 Å². The maximum atomic E-state index is 13.5. The molecule has 0 aliphatic carbocycles. The van der Waals surface area contributed by atoms with Gasteiger partial charge in [-0.05, 0) is 47.0 Å². The Labute approximate surface area is 170 Å². The topological polar surface area (TPSA) is 95.9 Å². The smallest absolute Gasteiger partial charge is 0.310 e. The van der Waals surface area contributed by atoms with Crippen molar-refractivity contribution in [2.45, 2.75) is 75.6 Å². The van der Waals surface area contributed by atoms with Gasteiger partial charge in [0.15, 0.2) is 0 Å². The van der Waals surface area contributed by atoms with Crippen molar-refractivity contribution >= 4 is 29.5 Å². The van der Waals surface area contributed by atoms with Crippen LogP contribution in [-0.4, -0.2) is 68.6 Å². The fraction of sp³-hybridized carbons (Fsp3) is 0.850. The Hall–Kier alpha value is -1.28. The lowest BCUT2D eigenvalue weighted by molar-refractivity contribution is -0.154. The molecule has 3 aliphatic rings. The Morgan fingerprint density at radius 1 is 1.43 bits per heavy atom. The normalized spacial score (nSPS) is 37.8. The number of nitrogens with zero attached hydrogens (tertiary/aromatic N) is 1. The van der Waals surface area contributed by atoms with Crippen LogP contribution in [0.5, 0.6) is 0 Å². The first-order chi connectivity index (χ1) is 13.0. The SMILES string of the molecule is CCOC(=O)[C@@H]1[C@@H]2CC(C)C3(S2)C(C(=O)NC(C)(C)C)N([C@H](C)CO)C(=O)[C@H]13. The molecule has 28 heavy (non-hydrogen) atoms. The number of carbonyl (C=O) groups is 3. The third-order valence-corrected chi connectivity index (χ3v) is 8.30. The van der Waals surface area contributed by atoms with Crippen LogP contribution in [0.15, 0.2) is 0 Å². The molecule has 3 fully saturated rings. The van der Waals surface area contributed by atoms with Crippen LogP contribution in [0.3, 0.4) is 0 Å². The van der Waals surface area contributed by atoms with E-state index >= 15 is 0 Å². The van der Waals surface area contributed by atoms with E-state index in [2.05, 4.69) is 12.2 Å². The number of thioether (sulfide) groups is 1. The number of carbonyl (C=O) groups excluding carboxylic acids is 3. The molecule has 7 nitrogen and oxygen atoms in total. The molecule has 3 rings (SSSR count). The highest BCUT2D eigenvalue weighted by Crippen LogP contribution is 2.68. The fourth-order valence-electron chi connectivity index (χ4n) is 5.27. The van der Waals surface area contributed by atoms with Crippen molar-refractivity contribution < 1.29 is 24.2 Å². The Morgan fingerprint density at radius 2 is 2.07 bits per heavy atom. The molecule has 158 valence electrons. The van der Waals surface area contributed by atoms with Gasteiger partial charge >= 0.3 is 5.97 Å². The van der Waals surface area contributed by atoms with E-state index in [0.717, 1.165) is 6.42 Å². The van der Waals surface area contributed by atoms with Crippen LogP contribution in [0.2, 0.25) is 0 Å². The Kier molecular flexibility index (Phi) is 5.51. The number of aliphatic hydroxyl groups excluding tert-OH is 1. The second-order valence-electron chi connectivity index (χ2n) is 9.32. The summed E-state index contributed by atoms with van der Waals surface area (Å²) in [6, 6.07) is -1.21. The lowest BCUT2D eigenvalue weighted by Gasteiger charge is -2.40. The number of nitrogens with one attached hydrogen (secondary N) is 1. The van der Waals surface area contributed by atoms with Crippen LogP contribution < -0.4 is 5.32 Å². The summed E-state index contributed by atoms with van der Waals surface area (Å²) in [5, 5.41) is 12.8. The summed E-state index contributed by atoms with van der Waals surface area (Å²) in [6.45, 7) is 11.3. The van der Waals surface area contributed by atoms with Gasteiger partial charge in [0.1, 0.15) is 6.04 Å². The van der Waals surface area contributed by atoms with Gasteiger partial charge in [-0.2, -0.15) is 0 Å². The second-order valence-corrected chi connectivity index (χ2v) is 10.9. The minimum absolute atomic E-state index is 0.0143. The largest absolute Gasteiger partial charge is 0.466 e. The minimum atomic E-state index is -0.712. The first kappa shape index (κ1) is 21.4. The quantitative estimate of drug-likeness (QED) is 0.659. The molecule has 0 aromatic rings. The fourth-order valence-corrected chi connectivity index (χ4v) is 7.66. The number of hydrogen-bond donors (Lipinski definition) is 2. The van der Waals surface area contributed by atoms with E-state index < -0.39 is 34.2 Å². The predicted molar refractivity (Wildman–Crippen MR) is 107 cm³/mol. The minimum Gasteiger partial charge on any atom is -0.466 e. The van der Waals surface area contributed by atoms with Crippen molar-refractivity contribution in [3.8, 4) is 0 Å². The molecule has 2 N–H and O–H groups in total. The summed E-state index contributed by atoms with van der Waals surface area (Å²) in [7, 11) is 0. The van der Waals surface area contributed by atoms with Gasteiger partial charge in [-0.15, -0.1) is 11.8 Å². The highest BCUT2D eigenvalue weighted by atomic mass is 32.2. The van der Waals surface area contributed by atoms with Gasteiger partial charge in [-0.1, -0.05) is 6.92 Å². The molecule has 2 amide bonds. The lowest BCUT2D eigenvalue weighted by atomic mass is 9.66. The van der Waals surface area contributed by atoms with Gasteiger partial charge in [-0.3, -0.25) is 14.4 Å². The lowest BCUT2D eigenvalue weighted by Crippen LogP contribution is -2.60. The number of fused-ring (bicyclic) bond motifs is 1. The van der Waals surface area contributed by atoms with E-state index in [9.17, 15) is 19.5 Å². The number of ether oxygens (including phenoxy) is 1. The van der Waals surface area contributed by atoms with E-state index in [0.29, 0.717) is 0 Å². The zero-order chi connectivity index (χ0) is 21.0. The third-order valence-electron chi connectivity index (χ3n) is 6.23. The first-order valence-electron chi connectivity index (χ1n) is 10.1. The maximum Gasteiger partial charge on any atom is 0.310 e. The monoisotopic (exact) mass is 412 g/mol. The van der Waals surface area contributed by atoms with E-state index in [4.69, 9.17) is 4.74 Å². The highest BCUT2D eigenvalue weighted by molar-refractivity contribution is 8.02. The van der Waals surface area contributed by atoms with Gasteiger partial charge < -0.3 is 20.1 Å². The molecule has 2 bridgehead atoms. The summed E-state index contributed by atoms with van der Waals surface area (Å²) in [5.74, 6) is -1.79. The second kappa shape index (κ2) is 7.20. The number of rotatable bonds is 5. The Balaban J connectivity index is 2.08. The van der Waals surface area contributed by atoms with Crippen molar-refractivity contribution in [3.63, 3.8) is 0 Å². The Morgan fingerprint density at radius 3 is 2.61 bits per heavy atom. The van der Waals surface area contributed by atoms with E-state index in [1.165, 1.54) is 4.90 Å². The summed E-state index contributed by atoms with van der Waals surface area (Å²) < 4.78 is 4.62. The van der Waals surface area contributed by atoms with Crippen molar-refractivity contribution in [2.24, 2.45) is 17.8 Å². The van der Waals surface area contributed by atoms with Gasteiger partial charge in [0.2, 0.25) is 11.8 Å². The number of aliphatic hydroxyl groups is 1. The molecule has 3 aliphatic heterocycles. The molecule has 3 heterocycles. The average molecular weight is 413 g/mol. The maximum absolute atomic E-state index is 13.5. The molecule has 7 atom stereocenters. The number of amides is 2. The van der Waals surface area contributed by atoms with Crippen molar-refractivity contribution in [3.05, 3.63) is 0 Å². The number of likely N-dealkylation sites (tertiary alicyclic amines) is 1.